The summed E-state index contributed by atoms with van der Waals surface area (Å²) in [6.45, 7) is 7.81. The lowest BCUT2D eigenvalue weighted by Crippen LogP contribution is -2.46. The molecule has 0 saturated carbocycles. The van der Waals surface area contributed by atoms with Gasteiger partial charge in [-0.2, -0.15) is 0 Å². The smallest absolute Gasteiger partial charge is 0.223 e. The lowest BCUT2D eigenvalue weighted by Gasteiger charge is -2.45. The van der Waals surface area contributed by atoms with Crippen molar-refractivity contribution < 1.29 is 9.47 Å². The number of benzene rings is 4. The van der Waals surface area contributed by atoms with Gasteiger partial charge in [-0.1, -0.05) is 86.6 Å². The van der Waals surface area contributed by atoms with E-state index in [1.165, 1.54) is 27.1 Å². The van der Waals surface area contributed by atoms with E-state index in [2.05, 4.69) is 99.6 Å². The van der Waals surface area contributed by atoms with Crippen LogP contribution >= 0.6 is 0 Å². The van der Waals surface area contributed by atoms with Gasteiger partial charge in [-0.3, -0.25) is 0 Å². The molecule has 146 valence electrons. The average Bonchev–Trinajstić information content (AvgIpc) is 2.74. The summed E-state index contributed by atoms with van der Waals surface area (Å²) in [4.78, 5) is 0. The monoisotopic (exact) mass is 382 g/mol. The molecule has 1 aliphatic rings. The minimum Gasteiger partial charge on any atom is -0.342 e. The van der Waals surface area contributed by atoms with Crippen molar-refractivity contribution in [2.75, 3.05) is 13.2 Å². The van der Waals surface area contributed by atoms with Gasteiger partial charge in [0.05, 0.1) is 13.2 Å². The Hall–Kier alpha value is -2.68. The molecule has 5 rings (SSSR count). The van der Waals surface area contributed by atoms with Gasteiger partial charge < -0.3 is 9.47 Å². The van der Waals surface area contributed by atoms with Crippen molar-refractivity contribution in [2.45, 2.75) is 26.6 Å². The molecular weight excluding hydrogens is 356 g/mol. The number of ether oxygens (including phenoxy) is 2. The lowest BCUT2D eigenvalue weighted by molar-refractivity contribution is -0.283. The first kappa shape index (κ1) is 18.4. The highest BCUT2D eigenvalue weighted by atomic mass is 16.7. The third-order valence-corrected chi connectivity index (χ3v) is 5.93. The molecule has 0 radical (unpaired) electrons. The van der Waals surface area contributed by atoms with Crippen molar-refractivity contribution >= 4 is 21.5 Å². The Morgan fingerprint density at radius 2 is 1.31 bits per heavy atom. The third-order valence-electron chi connectivity index (χ3n) is 5.93. The van der Waals surface area contributed by atoms with E-state index >= 15 is 0 Å². The summed E-state index contributed by atoms with van der Waals surface area (Å²) in [6.07, 6.45) is 0. The van der Waals surface area contributed by atoms with E-state index in [0.717, 1.165) is 11.1 Å². The zero-order valence-electron chi connectivity index (χ0n) is 17.2. The fraction of sp³-hybridized carbons (Fsp3) is 0.259. The molecule has 4 aromatic carbocycles. The van der Waals surface area contributed by atoms with Crippen molar-refractivity contribution in [1.29, 1.82) is 0 Å². The second-order valence-electron chi connectivity index (χ2n) is 8.90. The molecule has 0 aliphatic carbocycles. The SMILES string of the molecule is Cc1ccc2ccccc2c1C1(c2ccc3ccccc3c2)OCC(C)(C)CO1. The fourth-order valence-electron chi connectivity index (χ4n) is 4.34. The van der Waals surface area contributed by atoms with Crippen LogP contribution in [0.2, 0.25) is 0 Å². The number of hydrogen-bond acceptors (Lipinski definition) is 2. The van der Waals surface area contributed by atoms with E-state index < -0.39 is 5.79 Å². The van der Waals surface area contributed by atoms with E-state index in [4.69, 9.17) is 9.47 Å². The van der Waals surface area contributed by atoms with Gasteiger partial charge in [0.25, 0.3) is 0 Å². The molecule has 0 spiro atoms. The molecule has 0 bridgehead atoms. The summed E-state index contributed by atoms with van der Waals surface area (Å²) in [5.74, 6) is -0.912. The van der Waals surface area contributed by atoms with Gasteiger partial charge >= 0.3 is 0 Å². The molecular formula is C27H26O2. The highest BCUT2D eigenvalue weighted by Gasteiger charge is 2.45. The summed E-state index contributed by atoms with van der Waals surface area (Å²) in [5, 5.41) is 4.79. The Balaban J connectivity index is 1.79. The molecule has 0 amide bonds. The van der Waals surface area contributed by atoms with Crippen LogP contribution in [-0.2, 0) is 15.3 Å². The Morgan fingerprint density at radius 3 is 2.07 bits per heavy atom. The van der Waals surface area contributed by atoms with Crippen LogP contribution in [0.15, 0.2) is 78.9 Å². The molecule has 2 heteroatoms. The second-order valence-corrected chi connectivity index (χ2v) is 8.90. The van der Waals surface area contributed by atoms with Crippen LogP contribution in [0, 0.1) is 12.3 Å². The largest absolute Gasteiger partial charge is 0.342 e. The van der Waals surface area contributed by atoms with E-state index in [-0.39, 0.29) is 5.41 Å². The maximum Gasteiger partial charge on any atom is 0.223 e. The Morgan fingerprint density at radius 1 is 0.690 bits per heavy atom. The molecule has 0 unspecified atom stereocenters. The quantitative estimate of drug-likeness (QED) is 0.390. The second kappa shape index (κ2) is 6.69. The molecule has 1 fully saturated rings. The summed E-state index contributed by atoms with van der Waals surface area (Å²) in [5.41, 5.74) is 3.32. The number of fused-ring (bicyclic) bond motifs is 2. The predicted octanol–water partition coefficient (Wildman–Crippen LogP) is 6.58. The lowest BCUT2D eigenvalue weighted by atomic mass is 9.85. The van der Waals surface area contributed by atoms with E-state index in [0.29, 0.717) is 13.2 Å². The molecule has 1 saturated heterocycles. The molecule has 1 aliphatic heterocycles. The minimum atomic E-state index is -0.912. The normalized spacial score (nSPS) is 18.2. The van der Waals surface area contributed by atoms with Gasteiger partial charge in [0.1, 0.15) is 0 Å². The van der Waals surface area contributed by atoms with Gasteiger partial charge in [-0.25, -0.2) is 0 Å². The van der Waals surface area contributed by atoms with Crippen LogP contribution in [0.3, 0.4) is 0 Å². The number of rotatable bonds is 2. The first-order valence-electron chi connectivity index (χ1n) is 10.2. The van der Waals surface area contributed by atoms with Crippen molar-refractivity contribution in [3.05, 3.63) is 95.6 Å². The molecule has 0 N–H and O–H groups in total. The topological polar surface area (TPSA) is 18.5 Å². The van der Waals surface area contributed by atoms with E-state index in [1.54, 1.807) is 0 Å². The van der Waals surface area contributed by atoms with Crippen molar-refractivity contribution in [1.82, 2.24) is 0 Å². The molecule has 29 heavy (non-hydrogen) atoms. The predicted molar refractivity (Wildman–Crippen MR) is 119 cm³/mol. The number of hydrogen-bond donors (Lipinski definition) is 0. The Kier molecular flexibility index (Phi) is 4.23. The van der Waals surface area contributed by atoms with E-state index in [1.807, 2.05) is 0 Å². The van der Waals surface area contributed by atoms with Crippen LogP contribution in [0.5, 0.6) is 0 Å². The highest BCUT2D eigenvalue weighted by molar-refractivity contribution is 5.89. The maximum absolute atomic E-state index is 6.67. The highest BCUT2D eigenvalue weighted by Crippen LogP contribution is 2.46. The Bertz CT molecular complexity index is 1200. The van der Waals surface area contributed by atoms with Gasteiger partial charge in [0.2, 0.25) is 5.79 Å². The standard InChI is InChI=1S/C27H26O2/c1-19-12-13-21-9-6-7-11-24(21)25(19)27(28-17-26(2,3)18-29-27)23-15-14-20-8-4-5-10-22(20)16-23/h4-16H,17-18H2,1-3H3. The van der Waals surface area contributed by atoms with Crippen molar-refractivity contribution in [3.63, 3.8) is 0 Å². The first-order chi connectivity index (χ1) is 14.0. The zero-order valence-corrected chi connectivity index (χ0v) is 17.2. The van der Waals surface area contributed by atoms with Crippen LogP contribution < -0.4 is 0 Å². The van der Waals surface area contributed by atoms with Crippen molar-refractivity contribution in [3.8, 4) is 0 Å². The van der Waals surface area contributed by atoms with E-state index in [9.17, 15) is 0 Å². The minimum absolute atomic E-state index is 0.0150. The molecule has 4 aromatic rings. The van der Waals surface area contributed by atoms with Crippen LogP contribution in [0.1, 0.15) is 30.5 Å². The van der Waals surface area contributed by atoms with Crippen LogP contribution in [-0.4, -0.2) is 13.2 Å². The Labute approximate surface area is 172 Å². The molecule has 2 nitrogen and oxygen atoms in total. The number of aryl methyl sites for hydroxylation is 1. The molecule has 0 atom stereocenters. The maximum atomic E-state index is 6.67. The van der Waals surface area contributed by atoms with Gasteiger partial charge in [0.15, 0.2) is 0 Å². The van der Waals surface area contributed by atoms with Crippen LogP contribution in [0.25, 0.3) is 21.5 Å². The summed E-state index contributed by atoms with van der Waals surface area (Å²) in [7, 11) is 0. The zero-order chi connectivity index (χ0) is 20.1. The van der Waals surface area contributed by atoms with Gasteiger partial charge in [-0.05, 0) is 40.1 Å². The molecule has 1 heterocycles. The summed E-state index contributed by atoms with van der Waals surface area (Å²) in [6, 6.07) is 27.8. The van der Waals surface area contributed by atoms with Crippen LogP contribution in [0.4, 0.5) is 0 Å². The van der Waals surface area contributed by atoms with Crippen molar-refractivity contribution in [2.24, 2.45) is 5.41 Å². The summed E-state index contributed by atoms with van der Waals surface area (Å²) < 4.78 is 13.3. The fourth-order valence-corrected chi connectivity index (χ4v) is 4.34. The van der Waals surface area contributed by atoms with Gasteiger partial charge in [-0.15, -0.1) is 0 Å². The summed E-state index contributed by atoms with van der Waals surface area (Å²) >= 11 is 0. The first-order valence-corrected chi connectivity index (χ1v) is 10.2. The average molecular weight is 383 g/mol. The van der Waals surface area contributed by atoms with Gasteiger partial charge in [0, 0.05) is 16.5 Å². The third kappa shape index (κ3) is 3.04. The molecule has 0 aromatic heterocycles.